The monoisotopic (exact) mass is 580 g/mol. The van der Waals surface area contributed by atoms with Crippen molar-refractivity contribution in [2.45, 2.75) is 14.7 Å². The highest BCUT2D eigenvalue weighted by molar-refractivity contribution is 7.91. The molecule has 4 aromatic rings. The lowest BCUT2D eigenvalue weighted by Gasteiger charge is -2.11. The van der Waals surface area contributed by atoms with Gasteiger partial charge in [0.15, 0.2) is 0 Å². The number of carboxylic acids is 1. The molecule has 204 valence electrons. The SMILES string of the molecule is Nc1c(/N=N/c2ccccc2C(=O)O)cc(S(=O)(=O)O)c(N)c1/N=N/c1ccccc1S(=O)(=O)c1ccccc1. The first-order valence-corrected chi connectivity index (χ1v) is 14.1. The summed E-state index contributed by atoms with van der Waals surface area (Å²) in [5, 5.41) is 24.9. The summed E-state index contributed by atoms with van der Waals surface area (Å²) in [5.74, 6) is -1.28. The molecule has 13 nitrogen and oxygen atoms in total. The molecular weight excluding hydrogens is 560 g/mol. The molecule has 0 aliphatic rings. The van der Waals surface area contributed by atoms with Gasteiger partial charge in [0.2, 0.25) is 9.84 Å². The van der Waals surface area contributed by atoms with Gasteiger partial charge in [-0.25, -0.2) is 13.2 Å². The van der Waals surface area contributed by atoms with Crippen LogP contribution in [0.1, 0.15) is 10.4 Å². The van der Waals surface area contributed by atoms with E-state index in [1.807, 2.05) is 0 Å². The summed E-state index contributed by atoms with van der Waals surface area (Å²) in [4.78, 5) is 10.5. The maximum absolute atomic E-state index is 13.2. The number of anilines is 2. The summed E-state index contributed by atoms with van der Waals surface area (Å²) in [5.41, 5.74) is 10.0. The van der Waals surface area contributed by atoms with Crippen LogP contribution in [0.25, 0.3) is 0 Å². The lowest BCUT2D eigenvalue weighted by molar-refractivity contribution is 0.0697. The normalized spacial score (nSPS) is 12.2. The molecule has 0 amide bonds. The van der Waals surface area contributed by atoms with Gasteiger partial charge in [-0.15, -0.1) is 20.5 Å². The molecule has 0 aliphatic carbocycles. The van der Waals surface area contributed by atoms with E-state index in [1.165, 1.54) is 60.7 Å². The number of nitrogens with two attached hydrogens (primary N) is 2. The van der Waals surface area contributed by atoms with Crippen LogP contribution in [0.3, 0.4) is 0 Å². The Morgan fingerprint density at radius 1 is 0.650 bits per heavy atom. The van der Waals surface area contributed by atoms with Gasteiger partial charge in [0.25, 0.3) is 10.1 Å². The molecular formula is C25H20N6O7S2. The second-order valence-electron chi connectivity index (χ2n) is 8.05. The number of aromatic carboxylic acids is 1. The molecule has 0 fully saturated rings. The molecule has 0 bridgehead atoms. The number of carbonyl (C=O) groups is 1. The van der Waals surface area contributed by atoms with Crippen LogP contribution in [0.4, 0.5) is 34.1 Å². The van der Waals surface area contributed by atoms with Crippen molar-refractivity contribution in [2.24, 2.45) is 20.5 Å². The fraction of sp³-hybridized carbons (Fsp3) is 0. The molecule has 4 rings (SSSR count). The van der Waals surface area contributed by atoms with E-state index in [2.05, 4.69) is 20.5 Å². The second-order valence-corrected chi connectivity index (χ2v) is 11.4. The second kappa shape index (κ2) is 11.0. The van der Waals surface area contributed by atoms with Crippen molar-refractivity contribution >= 4 is 60.0 Å². The third-order valence-corrected chi connectivity index (χ3v) is 8.17. The summed E-state index contributed by atoms with van der Waals surface area (Å²) in [6.07, 6.45) is 0. The van der Waals surface area contributed by atoms with Gasteiger partial charge in [0.1, 0.15) is 27.6 Å². The zero-order chi connectivity index (χ0) is 29.1. The number of benzene rings is 4. The third kappa shape index (κ3) is 5.70. The van der Waals surface area contributed by atoms with Crippen LogP contribution >= 0.6 is 0 Å². The highest BCUT2D eigenvalue weighted by Crippen LogP contribution is 2.43. The number of azo groups is 2. The molecule has 6 N–H and O–H groups in total. The Balaban J connectivity index is 1.85. The van der Waals surface area contributed by atoms with E-state index in [0.717, 1.165) is 6.07 Å². The van der Waals surface area contributed by atoms with E-state index in [4.69, 9.17) is 11.5 Å². The highest BCUT2D eigenvalue weighted by atomic mass is 32.2. The van der Waals surface area contributed by atoms with Gasteiger partial charge in [-0.05, 0) is 42.5 Å². The lowest BCUT2D eigenvalue weighted by atomic mass is 10.2. The third-order valence-electron chi connectivity index (χ3n) is 5.46. The van der Waals surface area contributed by atoms with Gasteiger partial charge in [0.05, 0.1) is 26.7 Å². The minimum Gasteiger partial charge on any atom is -0.478 e. The molecule has 0 unspecified atom stereocenters. The topological polar surface area (TPSA) is 227 Å². The summed E-state index contributed by atoms with van der Waals surface area (Å²) >= 11 is 0. The van der Waals surface area contributed by atoms with E-state index in [0.29, 0.717) is 0 Å². The van der Waals surface area contributed by atoms with Crippen molar-refractivity contribution in [3.63, 3.8) is 0 Å². The summed E-state index contributed by atoms with van der Waals surface area (Å²) < 4.78 is 60.2. The minimum absolute atomic E-state index is 0.00869. The molecule has 0 heterocycles. The standard InChI is InChI=1S/C25H20N6O7S2/c26-22-19(30-28-17-11-5-4-10-16(17)25(32)33)14-21(40(36,37)38)23(27)24(22)31-29-18-12-6-7-13-20(18)39(34,35)15-8-2-1-3-9-15/h1-14H,26-27H2,(H,32,33)(H,36,37,38)/b30-28+,31-29+. The lowest BCUT2D eigenvalue weighted by Crippen LogP contribution is -2.05. The smallest absolute Gasteiger partial charge is 0.337 e. The van der Waals surface area contributed by atoms with Crippen molar-refractivity contribution in [1.29, 1.82) is 0 Å². The Morgan fingerprint density at radius 3 is 1.85 bits per heavy atom. The maximum atomic E-state index is 13.2. The summed E-state index contributed by atoms with van der Waals surface area (Å²) in [6.45, 7) is 0. The van der Waals surface area contributed by atoms with Gasteiger partial charge in [-0.1, -0.05) is 42.5 Å². The molecule has 15 heteroatoms. The Labute approximate surface area is 228 Å². The van der Waals surface area contributed by atoms with Crippen LogP contribution in [-0.2, 0) is 20.0 Å². The number of nitrogen functional groups attached to an aromatic ring is 2. The van der Waals surface area contributed by atoms with Crippen LogP contribution in [-0.4, -0.2) is 32.5 Å². The first-order valence-electron chi connectivity index (χ1n) is 11.2. The van der Waals surface area contributed by atoms with Crippen molar-refractivity contribution in [3.05, 3.63) is 90.5 Å². The Bertz CT molecular complexity index is 1890. The van der Waals surface area contributed by atoms with Crippen molar-refractivity contribution in [2.75, 3.05) is 11.5 Å². The quantitative estimate of drug-likeness (QED) is 0.118. The molecule has 0 spiro atoms. The van der Waals surface area contributed by atoms with Crippen LogP contribution < -0.4 is 11.5 Å². The molecule has 4 aromatic carbocycles. The number of sulfone groups is 1. The average Bonchev–Trinajstić information content (AvgIpc) is 2.92. The van der Waals surface area contributed by atoms with Gasteiger partial charge < -0.3 is 16.6 Å². The fourth-order valence-corrected chi connectivity index (χ4v) is 5.56. The van der Waals surface area contributed by atoms with Crippen LogP contribution in [0.2, 0.25) is 0 Å². The number of nitrogens with zero attached hydrogens (tertiary/aromatic N) is 4. The van der Waals surface area contributed by atoms with Crippen molar-refractivity contribution < 1.29 is 31.3 Å². The Kier molecular flexibility index (Phi) is 7.72. The molecule has 0 saturated carbocycles. The maximum Gasteiger partial charge on any atom is 0.337 e. The summed E-state index contributed by atoms with van der Waals surface area (Å²) in [7, 11) is -8.94. The highest BCUT2D eigenvalue weighted by Gasteiger charge is 2.24. The van der Waals surface area contributed by atoms with Crippen molar-refractivity contribution in [1.82, 2.24) is 0 Å². The van der Waals surface area contributed by atoms with Crippen LogP contribution in [0.15, 0.2) is 120 Å². The van der Waals surface area contributed by atoms with E-state index in [1.54, 1.807) is 18.2 Å². The Morgan fingerprint density at radius 2 is 1.20 bits per heavy atom. The molecule has 0 aliphatic heterocycles. The zero-order valence-electron chi connectivity index (χ0n) is 20.3. The van der Waals surface area contributed by atoms with Gasteiger partial charge in [-0.2, -0.15) is 8.42 Å². The average molecular weight is 581 g/mol. The first-order chi connectivity index (χ1) is 18.9. The fourth-order valence-electron chi connectivity index (χ4n) is 3.51. The predicted octanol–water partition coefficient (Wildman–Crippen LogP) is 5.46. The summed E-state index contributed by atoms with van der Waals surface area (Å²) in [6, 6.07) is 19.7. The molecule has 0 atom stereocenters. The van der Waals surface area contributed by atoms with E-state index in [9.17, 15) is 31.3 Å². The first kappa shape index (κ1) is 28.0. The molecule has 40 heavy (non-hydrogen) atoms. The number of carboxylic acid groups (broad SMARTS) is 1. The molecule has 0 radical (unpaired) electrons. The van der Waals surface area contributed by atoms with Crippen molar-refractivity contribution in [3.8, 4) is 0 Å². The molecule has 0 saturated heterocycles. The van der Waals surface area contributed by atoms with Gasteiger partial charge >= 0.3 is 5.97 Å². The number of hydrogen-bond donors (Lipinski definition) is 4. The number of rotatable bonds is 8. The van der Waals surface area contributed by atoms with Gasteiger partial charge in [0, 0.05) is 0 Å². The van der Waals surface area contributed by atoms with Crippen LogP contribution in [0, 0.1) is 0 Å². The van der Waals surface area contributed by atoms with Crippen LogP contribution in [0.5, 0.6) is 0 Å². The largest absolute Gasteiger partial charge is 0.478 e. The number of hydrogen-bond acceptors (Lipinski definition) is 11. The van der Waals surface area contributed by atoms with E-state index in [-0.39, 0.29) is 38.1 Å². The Hall–Kier alpha value is -4.99. The zero-order valence-corrected chi connectivity index (χ0v) is 21.9. The minimum atomic E-state index is -4.92. The van der Waals surface area contributed by atoms with Gasteiger partial charge in [-0.3, -0.25) is 4.55 Å². The predicted molar refractivity (Wildman–Crippen MR) is 145 cm³/mol. The van der Waals surface area contributed by atoms with E-state index < -0.39 is 42.2 Å². The molecule has 0 aromatic heterocycles. The van der Waals surface area contributed by atoms with E-state index >= 15 is 0 Å².